The Balaban J connectivity index is 1.55. The molecule has 2 aliphatic carbocycles. The van der Waals surface area contributed by atoms with Gasteiger partial charge in [-0.2, -0.15) is 0 Å². The number of rotatable bonds is 5. The number of carbonyl (C=O) groups excluding carboxylic acids is 3. The molecular formula is C20H24ClNO5. The summed E-state index contributed by atoms with van der Waals surface area (Å²) in [6.07, 6.45) is 2.90. The zero-order valence-electron chi connectivity index (χ0n) is 15.5. The molecule has 1 N–H and O–H groups in total. The van der Waals surface area contributed by atoms with Gasteiger partial charge >= 0.3 is 5.97 Å². The van der Waals surface area contributed by atoms with Crippen LogP contribution in [0.25, 0.3) is 0 Å². The molecule has 6 nitrogen and oxygen atoms in total. The number of ketones is 1. The zero-order chi connectivity index (χ0) is 19.6. The molecule has 1 aromatic carbocycles. The fourth-order valence-corrected chi connectivity index (χ4v) is 4.24. The molecule has 1 amide bonds. The summed E-state index contributed by atoms with van der Waals surface area (Å²) >= 11 is 6.05. The Hall–Kier alpha value is -2.08. The highest BCUT2D eigenvalue weighted by molar-refractivity contribution is 6.32. The maximum Gasteiger partial charge on any atom is 0.309 e. The van der Waals surface area contributed by atoms with E-state index in [9.17, 15) is 14.4 Å². The fourth-order valence-electron chi connectivity index (χ4n) is 3.98. The predicted octanol–water partition coefficient (Wildman–Crippen LogP) is 3.61. The lowest BCUT2D eigenvalue weighted by atomic mass is 9.67. The number of esters is 1. The van der Waals surface area contributed by atoms with E-state index in [0.717, 1.165) is 19.3 Å². The number of benzene rings is 1. The number of ether oxygens (including phenoxy) is 2. The second kappa shape index (κ2) is 8.30. The summed E-state index contributed by atoms with van der Waals surface area (Å²) in [5.74, 6) is -0.379. The normalized spacial score (nSPS) is 25.4. The number of nitrogens with one attached hydrogen (secondary N) is 1. The van der Waals surface area contributed by atoms with Crippen molar-refractivity contribution < 1.29 is 23.9 Å². The number of amides is 1. The first-order chi connectivity index (χ1) is 12.9. The number of hydrogen-bond acceptors (Lipinski definition) is 5. The fraction of sp³-hybridized carbons (Fsp3) is 0.550. The Bertz CT molecular complexity index is 734. The van der Waals surface area contributed by atoms with E-state index in [-0.39, 0.29) is 17.8 Å². The number of carbonyl (C=O) groups is 3. The van der Waals surface area contributed by atoms with Crippen LogP contribution in [0, 0.1) is 17.8 Å². The highest BCUT2D eigenvalue weighted by Gasteiger charge is 2.42. The first-order valence-electron chi connectivity index (χ1n) is 9.27. The highest BCUT2D eigenvalue weighted by atomic mass is 35.5. The molecule has 0 spiro atoms. The molecule has 0 aliphatic heterocycles. The Morgan fingerprint density at radius 3 is 2.48 bits per heavy atom. The third-order valence-corrected chi connectivity index (χ3v) is 5.76. The molecule has 0 heterocycles. The van der Waals surface area contributed by atoms with Gasteiger partial charge in [0.2, 0.25) is 0 Å². The number of hydrogen-bond donors (Lipinski definition) is 1. The average molecular weight is 394 g/mol. The predicted molar refractivity (Wildman–Crippen MR) is 101 cm³/mol. The smallest absolute Gasteiger partial charge is 0.309 e. The number of methoxy groups -OCH3 is 1. The van der Waals surface area contributed by atoms with Crippen LogP contribution in [0.2, 0.25) is 5.02 Å². The van der Waals surface area contributed by atoms with Crippen LogP contribution < -0.4 is 10.1 Å². The van der Waals surface area contributed by atoms with E-state index in [2.05, 4.69) is 5.32 Å². The van der Waals surface area contributed by atoms with Gasteiger partial charge in [0.15, 0.2) is 6.10 Å². The summed E-state index contributed by atoms with van der Waals surface area (Å²) < 4.78 is 10.5. The molecule has 0 aromatic heterocycles. The van der Waals surface area contributed by atoms with Crippen LogP contribution >= 0.6 is 11.6 Å². The SMILES string of the molecule is COc1ccc(NC(=O)[C@@H](C)OC(=O)C2C[C@H]3CCC[C@@H](C2)C3=O)cc1Cl. The molecule has 2 fully saturated rings. The van der Waals surface area contributed by atoms with Gasteiger partial charge in [-0.05, 0) is 50.8 Å². The number of Topliss-reactive ketones (excluding diaryl/α,β-unsaturated/α-hetero) is 1. The maximum atomic E-state index is 12.5. The van der Waals surface area contributed by atoms with Crippen molar-refractivity contribution in [1.82, 2.24) is 0 Å². The van der Waals surface area contributed by atoms with Gasteiger partial charge in [-0.15, -0.1) is 0 Å². The van der Waals surface area contributed by atoms with Crippen molar-refractivity contribution in [3.05, 3.63) is 23.2 Å². The van der Waals surface area contributed by atoms with Crippen molar-refractivity contribution in [2.75, 3.05) is 12.4 Å². The molecule has 7 heteroatoms. The average Bonchev–Trinajstić information content (AvgIpc) is 2.61. The third kappa shape index (κ3) is 4.43. The zero-order valence-corrected chi connectivity index (χ0v) is 16.3. The molecule has 1 unspecified atom stereocenters. The summed E-state index contributed by atoms with van der Waals surface area (Å²) in [5.41, 5.74) is 0.492. The van der Waals surface area contributed by atoms with Gasteiger partial charge in [-0.25, -0.2) is 0 Å². The summed E-state index contributed by atoms with van der Waals surface area (Å²) in [7, 11) is 1.51. The molecule has 0 radical (unpaired) electrons. The highest BCUT2D eigenvalue weighted by Crippen LogP contribution is 2.40. The van der Waals surface area contributed by atoms with Crippen molar-refractivity contribution in [3.63, 3.8) is 0 Å². The van der Waals surface area contributed by atoms with Crippen molar-refractivity contribution in [1.29, 1.82) is 0 Å². The maximum absolute atomic E-state index is 12.5. The van der Waals surface area contributed by atoms with E-state index in [0.29, 0.717) is 35.1 Å². The third-order valence-electron chi connectivity index (χ3n) is 5.46. The summed E-state index contributed by atoms with van der Waals surface area (Å²) in [5, 5.41) is 3.05. The number of anilines is 1. The van der Waals surface area contributed by atoms with E-state index in [1.54, 1.807) is 18.2 Å². The molecule has 146 valence electrons. The quantitative estimate of drug-likeness (QED) is 0.772. The van der Waals surface area contributed by atoms with Crippen LogP contribution in [-0.4, -0.2) is 30.9 Å². The van der Waals surface area contributed by atoms with Crippen molar-refractivity contribution in [2.24, 2.45) is 17.8 Å². The lowest BCUT2D eigenvalue weighted by molar-refractivity contribution is -0.161. The van der Waals surface area contributed by atoms with Crippen LogP contribution in [0.15, 0.2) is 18.2 Å². The van der Waals surface area contributed by atoms with Gasteiger partial charge in [0, 0.05) is 17.5 Å². The minimum Gasteiger partial charge on any atom is -0.495 e. The van der Waals surface area contributed by atoms with E-state index >= 15 is 0 Å². The summed E-state index contributed by atoms with van der Waals surface area (Å²) in [6.45, 7) is 1.53. The van der Waals surface area contributed by atoms with Gasteiger partial charge in [0.25, 0.3) is 5.91 Å². The summed E-state index contributed by atoms with van der Waals surface area (Å²) in [6, 6.07) is 4.87. The number of fused-ring (bicyclic) bond motifs is 2. The summed E-state index contributed by atoms with van der Waals surface area (Å²) in [4.78, 5) is 37.0. The largest absolute Gasteiger partial charge is 0.495 e. The molecular weight excluding hydrogens is 370 g/mol. The molecule has 2 bridgehead atoms. The van der Waals surface area contributed by atoms with Crippen molar-refractivity contribution in [2.45, 2.75) is 45.1 Å². The standard InChI is InChI=1S/C20H24ClNO5/c1-11(19(24)22-15-6-7-17(26-2)16(21)10-15)27-20(25)14-8-12-4-3-5-13(9-14)18(12)23/h6-7,10-14H,3-5,8-9H2,1-2H3,(H,22,24)/t11-,12-,13+,14?/m1/s1. The Labute approximate surface area is 163 Å². The van der Waals surface area contributed by atoms with Crippen LogP contribution in [0.4, 0.5) is 5.69 Å². The van der Waals surface area contributed by atoms with Crippen molar-refractivity contribution in [3.8, 4) is 5.75 Å². The second-order valence-electron chi connectivity index (χ2n) is 7.31. The van der Waals surface area contributed by atoms with Gasteiger partial charge in [-0.3, -0.25) is 14.4 Å². The first kappa shape index (κ1) is 19.7. The Kier molecular flexibility index (Phi) is 6.05. The lowest BCUT2D eigenvalue weighted by Gasteiger charge is -2.36. The minimum atomic E-state index is -0.934. The van der Waals surface area contributed by atoms with Gasteiger partial charge in [0.1, 0.15) is 11.5 Å². The van der Waals surface area contributed by atoms with Gasteiger partial charge < -0.3 is 14.8 Å². The van der Waals surface area contributed by atoms with E-state index < -0.39 is 18.0 Å². The van der Waals surface area contributed by atoms with Crippen molar-refractivity contribution >= 4 is 34.9 Å². The van der Waals surface area contributed by atoms with Crippen LogP contribution in [0.1, 0.15) is 39.0 Å². The second-order valence-corrected chi connectivity index (χ2v) is 7.72. The number of halogens is 1. The van der Waals surface area contributed by atoms with E-state index in [4.69, 9.17) is 21.1 Å². The van der Waals surface area contributed by atoms with Crippen LogP contribution in [0.5, 0.6) is 5.75 Å². The van der Waals surface area contributed by atoms with Crippen LogP contribution in [0.3, 0.4) is 0 Å². The molecule has 4 atom stereocenters. The topological polar surface area (TPSA) is 81.7 Å². The van der Waals surface area contributed by atoms with Crippen LogP contribution in [-0.2, 0) is 19.1 Å². The Morgan fingerprint density at radius 2 is 1.89 bits per heavy atom. The molecule has 1 aromatic rings. The molecule has 27 heavy (non-hydrogen) atoms. The lowest BCUT2D eigenvalue weighted by Crippen LogP contribution is -2.41. The van der Waals surface area contributed by atoms with Gasteiger partial charge in [-0.1, -0.05) is 18.0 Å². The molecule has 0 saturated heterocycles. The first-order valence-corrected chi connectivity index (χ1v) is 9.65. The monoisotopic (exact) mass is 393 g/mol. The van der Waals surface area contributed by atoms with Gasteiger partial charge in [0.05, 0.1) is 18.1 Å². The van der Waals surface area contributed by atoms with E-state index in [1.807, 2.05) is 0 Å². The minimum absolute atomic E-state index is 0.0272. The Morgan fingerprint density at radius 1 is 1.22 bits per heavy atom. The molecule has 2 saturated carbocycles. The molecule has 2 aliphatic rings. The molecule has 3 rings (SSSR count). The van der Waals surface area contributed by atoms with E-state index in [1.165, 1.54) is 14.0 Å².